The van der Waals surface area contributed by atoms with Gasteiger partial charge in [-0.1, -0.05) is 29.6 Å². The fourth-order valence-electron chi connectivity index (χ4n) is 4.21. The molecule has 1 heterocycles. The number of aliphatic carboxylic acids is 1. The molecule has 1 saturated carbocycles. The van der Waals surface area contributed by atoms with Crippen molar-refractivity contribution in [3.05, 3.63) is 63.0 Å². The average molecular weight is 450 g/mol. The third-order valence-electron chi connectivity index (χ3n) is 5.90. The number of phenolic OH excluding ortho intramolecular Hbond substituents is 1. The Bertz CT molecular complexity index is 1200. The largest absolute Gasteiger partial charge is 0.505 e. The van der Waals surface area contributed by atoms with Crippen LogP contribution in [0.4, 0.5) is 4.39 Å². The standard InChI is InChI=1S/C22H18Cl2FNO4/c1-10-17(18(22(29)30)11-3-2-4-11)19-15(7-8-16(27)20(19)25)26(10)21(28)12-5-6-13(23)14(24)9-12/h5-9,11,18,27H,2-4H2,1H3,(H,29,30). The molecule has 1 fully saturated rings. The van der Waals surface area contributed by atoms with Gasteiger partial charge in [0.25, 0.3) is 5.91 Å². The molecule has 0 amide bonds. The van der Waals surface area contributed by atoms with Crippen LogP contribution >= 0.6 is 23.2 Å². The molecule has 1 aliphatic rings. The average Bonchev–Trinajstić information content (AvgIpc) is 2.95. The first-order valence-corrected chi connectivity index (χ1v) is 10.2. The van der Waals surface area contributed by atoms with Crippen molar-refractivity contribution < 1.29 is 24.2 Å². The van der Waals surface area contributed by atoms with E-state index in [2.05, 4.69) is 0 Å². The van der Waals surface area contributed by atoms with E-state index in [1.54, 1.807) is 6.92 Å². The van der Waals surface area contributed by atoms with E-state index in [0.29, 0.717) is 18.5 Å². The van der Waals surface area contributed by atoms with Crippen molar-refractivity contribution in [2.24, 2.45) is 5.92 Å². The monoisotopic (exact) mass is 449 g/mol. The van der Waals surface area contributed by atoms with Gasteiger partial charge in [0.05, 0.1) is 21.5 Å². The summed E-state index contributed by atoms with van der Waals surface area (Å²) in [4.78, 5) is 25.5. The van der Waals surface area contributed by atoms with E-state index in [0.717, 1.165) is 12.5 Å². The minimum absolute atomic E-state index is 0.0415. The number of aromatic nitrogens is 1. The summed E-state index contributed by atoms with van der Waals surface area (Å²) in [6.45, 7) is 1.59. The maximum absolute atomic E-state index is 15.0. The number of carbonyl (C=O) groups is 2. The zero-order valence-electron chi connectivity index (χ0n) is 16.0. The number of carboxylic acids is 1. The predicted molar refractivity (Wildman–Crippen MR) is 112 cm³/mol. The second kappa shape index (κ2) is 7.60. The summed E-state index contributed by atoms with van der Waals surface area (Å²) in [6.07, 6.45) is 2.33. The summed E-state index contributed by atoms with van der Waals surface area (Å²) in [5.41, 5.74) is 0.966. The van der Waals surface area contributed by atoms with Gasteiger partial charge in [-0.25, -0.2) is 4.39 Å². The number of carboxylic acid groups (broad SMARTS) is 1. The van der Waals surface area contributed by atoms with Crippen LogP contribution in [-0.4, -0.2) is 26.7 Å². The molecular formula is C22H18Cl2FNO4. The molecule has 2 N–H and O–H groups in total. The fraction of sp³-hybridized carbons (Fsp3) is 0.273. The van der Waals surface area contributed by atoms with E-state index in [1.807, 2.05) is 0 Å². The molecule has 2 aromatic carbocycles. The van der Waals surface area contributed by atoms with Gasteiger partial charge in [-0.05, 0) is 61.6 Å². The van der Waals surface area contributed by atoms with Gasteiger partial charge in [-0.3, -0.25) is 14.2 Å². The summed E-state index contributed by atoms with van der Waals surface area (Å²) >= 11 is 12.0. The molecule has 0 bridgehead atoms. The van der Waals surface area contributed by atoms with E-state index in [-0.39, 0.29) is 38.0 Å². The molecule has 156 valence electrons. The summed E-state index contributed by atoms with van der Waals surface area (Å²) in [7, 11) is 0. The highest BCUT2D eigenvalue weighted by molar-refractivity contribution is 6.42. The Hall–Kier alpha value is -2.57. The van der Waals surface area contributed by atoms with Crippen molar-refractivity contribution in [1.29, 1.82) is 0 Å². The molecule has 0 saturated heterocycles. The van der Waals surface area contributed by atoms with Crippen LogP contribution in [0.2, 0.25) is 10.0 Å². The number of halogens is 3. The number of carbonyl (C=O) groups excluding carboxylic acids is 1. The quantitative estimate of drug-likeness (QED) is 0.530. The van der Waals surface area contributed by atoms with Crippen LogP contribution in [-0.2, 0) is 4.79 Å². The third kappa shape index (κ3) is 3.15. The Morgan fingerprint density at radius 1 is 1.17 bits per heavy atom. The second-order valence-corrected chi connectivity index (χ2v) is 8.38. The van der Waals surface area contributed by atoms with E-state index in [1.165, 1.54) is 28.8 Å². The number of aromatic hydroxyl groups is 1. The lowest BCUT2D eigenvalue weighted by Gasteiger charge is -2.31. The van der Waals surface area contributed by atoms with Gasteiger partial charge < -0.3 is 10.2 Å². The topological polar surface area (TPSA) is 79.5 Å². The van der Waals surface area contributed by atoms with Crippen molar-refractivity contribution in [3.63, 3.8) is 0 Å². The number of nitrogens with zero attached hydrogens (tertiary/aromatic N) is 1. The first-order valence-electron chi connectivity index (χ1n) is 9.47. The van der Waals surface area contributed by atoms with E-state index in [9.17, 15) is 19.8 Å². The van der Waals surface area contributed by atoms with Crippen molar-refractivity contribution >= 4 is 46.0 Å². The van der Waals surface area contributed by atoms with Crippen LogP contribution < -0.4 is 0 Å². The first kappa shape index (κ1) is 20.7. The molecule has 0 aliphatic heterocycles. The number of rotatable bonds is 4. The molecular weight excluding hydrogens is 432 g/mol. The number of phenols is 1. The summed E-state index contributed by atoms with van der Waals surface area (Å²) in [6, 6.07) is 6.96. The second-order valence-electron chi connectivity index (χ2n) is 7.57. The normalized spacial score (nSPS) is 15.2. The van der Waals surface area contributed by atoms with Gasteiger partial charge in [0.1, 0.15) is 0 Å². The molecule has 1 atom stereocenters. The maximum atomic E-state index is 15.0. The molecule has 0 spiro atoms. The zero-order chi connectivity index (χ0) is 21.7. The summed E-state index contributed by atoms with van der Waals surface area (Å²) in [5.74, 6) is -4.23. The SMILES string of the molecule is Cc1c(C(C(=O)O)C2CCC2)c2c(F)c(O)ccc2n1C(=O)c1ccc(Cl)c(Cl)c1. The lowest BCUT2D eigenvalue weighted by atomic mass is 9.72. The summed E-state index contributed by atoms with van der Waals surface area (Å²) in [5, 5.41) is 20.3. The van der Waals surface area contributed by atoms with Gasteiger partial charge in [0.15, 0.2) is 11.6 Å². The highest BCUT2D eigenvalue weighted by Crippen LogP contribution is 2.45. The van der Waals surface area contributed by atoms with E-state index < -0.39 is 29.4 Å². The maximum Gasteiger partial charge on any atom is 0.311 e. The van der Waals surface area contributed by atoms with Crippen LogP contribution in [0.25, 0.3) is 10.9 Å². The Kier molecular flexibility index (Phi) is 5.24. The molecule has 8 heteroatoms. The Labute approximate surface area is 181 Å². The van der Waals surface area contributed by atoms with Crippen LogP contribution in [0, 0.1) is 18.7 Å². The molecule has 3 aromatic rings. The highest BCUT2D eigenvalue weighted by Gasteiger charge is 2.39. The van der Waals surface area contributed by atoms with E-state index in [4.69, 9.17) is 23.2 Å². The lowest BCUT2D eigenvalue weighted by molar-refractivity contribution is -0.141. The Balaban J connectivity index is 2.00. The fourth-order valence-corrected chi connectivity index (χ4v) is 4.51. The van der Waals surface area contributed by atoms with E-state index >= 15 is 4.39 Å². The van der Waals surface area contributed by atoms with Crippen molar-refractivity contribution in [1.82, 2.24) is 4.57 Å². The zero-order valence-corrected chi connectivity index (χ0v) is 17.5. The number of fused-ring (bicyclic) bond motifs is 1. The lowest BCUT2D eigenvalue weighted by Crippen LogP contribution is -2.27. The number of hydrogen-bond donors (Lipinski definition) is 2. The summed E-state index contributed by atoms with van der Waals surface area (Å²) < 4.78 is 16.3. The van der Waals surface area contributed by atoms with Crippen molar-refractivity contribution in [2.75, 3.05) is 0 Å². The first-order chi connectivity index (χ1) is 14.2. The molecule has 4 rings (SSSR count). The highest BCUT2D eigenvalue weighted by atomic mass is 35.5. The van der Waals surface area contributed by atoms with Crippen molar-refractivity contribution in [3.8, 4) is 5.75 Å². The van der Waals surface area contributed by atoms with Gasteiger partial charge >= 0.3 is 5.97 Å². The van der Waals surface area contributed by atoms with Crippen LogP contribution in [0.15, 0.2) is 30.3 Å². The number of benzene rings is 2. The molecule has 0 radical (unpaired) electrons. The van der Waals surface area contributed by atoms with Gasteiger partial charge in [-0.15, -0.1) is 0 Å². The minimum atomic E-state index is -1.08. The number of hydrogen-bond acceptors (Lipinski definition) is 3. The van der Waals surface area contributed by atoms with Gasteiger partial charge in [0, 0.05) is 16.6 Å². The van der Waals surface area contributed by atoms with Crippen LogP contribution in [0.1, 0.15) is 46.8 Å². The molecule has 1 aliphatic carbocycles. The molecule has 5 nitrogen and oxygen atoms in total. The van der Waals surface area contributed by atoms with Crippen LogP contribution in [0.3, 0.4) is 0 Å². The Morgan fingerprint density at radius 2 is 1.87 bits per heavy atom. The Morgan fingerprint density at radius 3 is 2.43 bits per heavy atom. The molecule has 1 unspecified atom stereocenters. The minimum Gasteiger partial charge on any atom is -0.505 e. The molecule has 1 aromatic heterocycles. The van der Waals surface area contributed by atoms with Gasteiger partial charge in [-0.2, -0.15) is 0 Å². The van der Waals surface area contributed by atoms with Gasteiger partial charge in [0.2, 0.25) is 0 Å². The smallest absolute Gasteiger partial charge is 0.311 e. The van der Waals surface area contributed by atoms with Crippen LogP contribution in [0.5, 0.6) is 5.75 Å². The molecule has 30 heavy (non-hydrogen) atoms. The van der Waals surface area contributed by atoms with Crippen molar-refractivity contribution in [2.45, 2.75) is 32.1 Å². The third-order valence-corrected chi connectivity index (χ3v) is 6.64. The predicted octanol–water partition coefficient (Wildman–Crippen LogP) is 5.76.